The highest BCUT2D eigenvalue weighted by Crippen LogP contribution is 2.44. The van der Waals surface area contributed by atoms with Crippen LogP contribution in [-0.2, 0) is 10.7 Å². The van der Waals surface area contributed by atoms with Gasteiger partial charge in [-0.15, -0.1) is 0 Å². The topological polar surface area (TPSA) is 57.0 Å². The molecule has 5 nitrogen and oxygen atoms in total. The van der Waals surface area contributed by atoms with Gasteiger partial charge in [-0.3, -0.25) is 0 Å². The fourth-order valence-electron chi connectivity index (χ4n) is 1.75. The van der Waals surface area contributed by atoms with E-state index in [1.165, 1.54) is 11.4 Å². The SMILES string of the molecule is CCOC(=O)c1nn(PI)c2ncc(C(F)(F)C(F)(F)F)cc12. The smallest absolute Gasteiger partial charge is 0.458 e. The van der Waals surface area contributed by atoms with Crippen molar-refractivity contribution in [2.24, 2.45) is 0 Å². The standard InChI is InChI=1S/C11H8F5IN3O2P/c1-2-22-9(21)7-6-3-5(10(12,13)11(14,15)16)4-18-8(6)20(19-7)23-17/h3-4,23H,2H2,1H3. The molecule has 12 heteroatoms. The van der Waals surface area contributed by atoms with E-state index in [0.717, 1.165) is 0 Å². The van der Waals surface area contributed by atoms with Gasteiger partial charge in [0.15, 0.2) is 11.3 Å². The molecule has 0 bridgehead atoms. The van der Waals surface area contributed by atoms with Crippen molar-refractivity contribution < 1.29 is 31.5 Å². The van der Waals surface area contributed by atoms with E-state index in [0.29, 0.717) is 12.3 Å². The molecule has 0 saturated carbocycles. The van der Waals surface area contributed by atoms with Crippen molar-refractivity contribution in [2.45, 2.75) is 19.0 Å². The number of hydrogen-bond donors (Lipinski definition) is 0. The van der Waals surface area contributed by atoms with Crippen molar-refractivity contribution in [1.29, 1.82) is 0 Å². The molecule has 2 aromatic heterocycles. The number of ether oxygens (including phenoxy) is 1. The number of carbonyl (C=O) groups is 1. The van der Waals surface area contributed by atoms with Crippen LogP contribution in [0.25, 0.3) is 11.0 Å². The quantitative estimate of drug-likeness (QED) is 0.295. The summed E-state index contributed by atoms with van der Waals surface area (Å²) in [5.74, 6) is -6.00. The largest absolute Gasteiger partial charge is 0.461 e. The minimum atomic E-state index is -5.77. The molecule has 1 atom stereocenters. The second-order valence-electron chi connectivity index (χ2n) is 4.23. The Morgan fingerprint density at radius 2 is 2.04 bits per heavy atom. The van der Waals surface area contributed by atoms with Crippen LogP contribution in [0.15, 0.2) is 12.3 Å². The molecule has 2 rings (SSSR count). The number of pyridine rings is 1. The van der Waals surface area contributed by atoms with Crippen LogP contribution in [0, 0.1) is 0 Å². The highest BCUT2D eigenvalue weighted by molar-refractivity contribution is 14.2. The third-order valence-corrected chi connectivity index (χ3v) is 4.63. The van der Waals surface area contributed by atoms with E-state index < -0.39 is 23.6 Å². The zero-order valence-electron chi connectivity index (χ0n) is 11.3. The summed E-state index contributed by atoms with van der Waals surface area (Å²) in [6.45, 7) is 1.53. The summed E-state index contributed by atoms with van der Waals surface area (Å²) in [5.41, 5.74) is -1.68. The lowest BCUT2D eigenvalue weighted by molar-refractivity contribution is -0.289. The number of esters is 1. The molecule has 2 heterocycles. The van der Waals surface area contributed by atoms with Crippen LogP contribution in [-0.4, -0.2) is 33.3 Å². The highest BCUT2D eigenvalue weighted by atomic mass is 127. The summed E-state index contributed by atoms with van der Waals surface area (Å²) in [6, 6.07) is 0.572. The third kappa shape index (κ3) is 3.25. The number of aromatic nitrogens is 3. The maximum absolute atomic E-state index is 13.5. The van der Waals surface area contributed by atoms with Crippen LogP contribution in [0.3, 0.4) is 0 Å². The second kappa shape index (κ2) is 6.42. The van der Waals surface area contributed by atoms with Gasteiger partial charge in [0.25, 0.3) is 0 Å². The predicted molar refractivity (Wildman–Crippen MR) is 81.2 cm³/mol. The zero-order chi connectivity index (χ0) is 17.4. The van der Waals surface area contributed by atoms with E-state index in [2.05, 4.69) is 10.1 Å². The first-order chi connectivity index (χ1) is 10.6. The summed E-state index contributed by atoms with van der Waals surface area (Å²) in [5, 5.41) is 3.66. The first-order valence-corrected chi connectivity index (χ1v) is 10.1. The number of nitrogens with zero attached hydrogens (tertiary/aromatic N) is 3. The van der Waals surface area contributed by atoms with E-state index >= 15 is 0 Å². The Balaban J connectivity index is 2.66. The average Bonchev–Trinajstić information content (AvgIpc) is 2.84. The van der Waals surface area contributed by atoms with Gasteiger partial charge in [0.05, 0.1) is 18.4 Å². The highest BCUT2D eigenvalue weighted by Gasteiger charge is 2.59. The average molecular weight is 467 g/mol. The summed E-state index contributed by atoms with van der Waals surface area (Å²) < 4.78 is 70.3. The molecule has 0 amide bonds. The molecule has 0 aliphatic rings. The maximum Gasteiger partial charge on any atom is 0.458 e. The number of rotatable bonds is 4. The third-order valence-electron chi connectivity index (χ3n) is 2.79. The molecule has 0 saturated heterocycles. The molecule has 0 radical (unpaired) electrons. The number of alkyl halides is 5. The fourth-order valence-corrected chi connectivity index (χ4v) is 3.15. The molecule has 0 N–H and O–H groups in total. The van der Waals surface area contributed by atoms with Crippen molar-refractivity contribution in [3.63, 3.8) is 0 Å². The lowest BCUT2D eigenvalue weighted by atomic mass is 10.1. The molecule has 0 fully saturated rings. The molecule has 0 aliphatic carbocycles. The van der Waals surface area contributed by atoms with Crippen LogP contribution >= 0.6 is 28.4 Å². The summed E-state index contributed by atoms with van der Waals surface area (Å²) in [6.07, 6.45) is -5.37. The monoisotopic (exact) mass is 467 g/mol. The van der Waals surface area contributed by atoms with Crippen LogP contribution in [0.4, 0.5) is 22.0 Å². The fraction of sp³-hybridized carbons (Fsp3) is 0.364. The van der Waals surface area contributed by atoms with Crippen molar-refractivity contribution >= 4 is 45.4 Å². The van der Waals surface area contributed by atoms with Gasteiger partial charge in [0.2, 0.25) is 0 Å². The van der Waals surface area contributed by atoms with Crippen molar-refractivity contribution in [2.75, 3.05) is 6.61 Å². The summed E-state index contributed by atoms with van der Waals surface area (Å²) in [4.78, 5) is 15.4. The van der Waals surface area contributed by atoms with E-state index in [-0.39, 0.29) is 29.7 Å². The molecule has 126 valence electrons. The molecule has 0 aliphatic heterocycles. The Kier molecular flexibility index (Phi) is 5.09. The van der Waals surface area contributed by atoms with Crippen molar-refractivity contribution in [1.82, 2.24) is 14.5 Å². The lowest BCUT2D eigenvalue weighted by Crippen LogP contribution is -2.33. The Morgan fingerprint density at radius 1 is 1.39 bits per heavy atom. The summed E-state index contributed by atoms with van der Waals surface area (Å²) in [7, 11) is 0. The number of hydrogen-bond acceptors (Lipinski definition) is 4. The van der Waals surface area contributed by atoms with Crippen LogP contribution in [0.5, 0.6) is 0 Å². The van der Waals surface area contributed by atoms with Crippen LogP contribution in [0.2, 0.25) is 0 Å². The van der Waals surface area contributed by atoms with E-state index in [1.807, 2.05) is 22.0 Å². The molecular weight excluding hydrogens is 459 g/mol. The molecule has 1 unspecified atom stereocenters. The second-order valence-corrected chi connectivity index (χ2v) is 6.27. The molecular formula is C11H8F5IN3O2P. The Labute approximate surface area is 140 Å². The Hall–Kier alpha value is -1.10. The van der Waals surface area contributed by atoms with Gasteiger partial charge >= 0.3 is 18.1 Å². The predicted octanol–water partition coefficient (Wildman–Crippen LogP) is 4.05. The van der Waals surface area contributed by atoms with Gasteiger partial charge < -0.3 is 4.74 Å². The zero-order valence-corrected chi connectivity index (χ0v) is 14.4. The van der Waals surface area contributed by atoms with Gasteiger partial charge in [-0.25, -0.2) is 14.2 Å². The number of carbonyl (C=O) groups excluding carboxylic acids is 1. The Morgan fingerprint density at radius 3 is 2.57 bits per heavy atom. The van der Waals surface area contributed by atoms with Gasteiger partial charge in [0.1, 0.15) is 0 Å². The minimum absolute atomic E-state index is 0.00549. The van der Waals surface area contributed by atoms with Crippen LogP contribution < -0.4 is 0 Å². The number of halogens is 6. The van der Waals surface area contributed by atoms with Crippen molar-refractivity contribution in [3.05, 3.63) is 23.5 Å². The maximum atomic E-state index is 13.5. The van der Waals surface area contributed by atoms with E-state index in [1.54, 1.807) is 0 Å². The first-order valence-electron chi connectivity index (χ1n) is 6.01. The Bertz CT molecular complexity index is 749. The van der Waals surface area contributed by atoms with Gasteiger partial charge in [-0.2, -0.15) is 27.1 Å². The van der Waals surface area contributed by atoms with Gasteiger partial charge in [0, 0.05) is 11.8 Å². The van der Waals surface area contributed by atoms with Gasteiger partial charge in [-0.1, -0.05) is 0 Å². The van der Waals surface area contributed by atoms with E-state index in [9.17, 15) is 26.7 Å². The van der Waals surface area contributed by atoms with Crippen molar-refractivity contribution in [3.8, 4) is 0 Å². The lowest BCUT2D eigenvalue weighted by Gasteiger charge is -2.19. The van der Waals surface area contributed by atoms with E-state index in [4.69, 9.17) is 4.74 Å². The summed E-state index contributed by atoms with van der Waals surface area (Å²) >= 11 is 1.91. The number of fused-ring (bicyclic) bond motifs is 1. The molecule has 0 aromatic carbocycles. The normalized spacial score (nSPS) is 13.2. The first kappa shape index (κ1) is 18.2. The van der Waals surface area contributed by atoms with Gasteiger partial charge in [-0.05, 0) is 35.0 Å². The minimum Gasteiger partial charge on any atom is -0.461 e. The molecule has 2 aromatic rings. The molecule has 23 heavy (non-hydrogen) atoms. The van der Waals surface area contributed by atoms with Crippen LogP contribution in [0.1, 0.15) is 23.0 Å². The molecule has 0 spiro atoms.